The molecular weight excluding hydrogens is 835 g/mol. The van der Waals surface area contributed by atoms with E-state index in [1.807, 2.05) is 58.1 Å². The van der Waals surface area contributed by atoms with Crippen molar-refractivity contribution in [3.63, 3.8) is 0 Å². The first-order valence-electron chi connectivity index (χ1n) is 23.9. The molecule has 3 N–H and O–H groups in total. The van der Waals surface area contributed by atoms with Gasteiger partial charge in [-0.05, 0) is 107 Å². The molecule has 3 fully saturated rings. The van der Waals surface area contributed by atoms with Gasteiger partial charge in [0.1, 0.15) is 30.1 Å². The Hall–Kier alpha value is -3.37. The average molecular weight is 914 g/mol. The molecule has 0 unspecified atom stereocenters. The molecule has 15 atom stereocenters. The second-order valence-corrected chi connectivity index (χ2v) is 19.6. The quantitative estimate of drug-likeness (QED) is 0.156. The molecule has 0 spiro atoms. The third-order valence-electron chi connectivity index (χ3n) is 14.5. The van der Waals surface area contributed by atoms with Gasteiger partial charge in [0.15, 0.2) is 5.78 Å². The number of nitrogens with zero attached hydrogens (tertiary/aromatic N) is 1. The van der Waals surface area contributed by atoms with Gasteiger partial charge in [0.25, 0.3) is 11.7 Å². The zero-order valence-electron chi connectivity index (χ0n) is 40.6. The lowest BCUT2D eigenvalue weighted by Crippen LogP contribution is -2.61. The Kier molecular flexibility index (Phi) is 21.0. The first-order valence-corrected chi connectivity index (χ1v) is 23.9. The van der Waals surface area contributed by atoms with Crippen LogP contribution >= 0.6 is 0 Å². The number of hydrogen-bond acceptors (Lipinski definition) is 13. The van der Waals surface area contributed by atoms with E-state index < -0.39 is 83.9 Å². The van der Waals surface area contributed by atoms with Gasteiger partial charge in [-0.15, -0.1) is 0 Å². The monoisotopic (exact) mass is 914 g/mol. The highest BCUT2D eigenvalue weighted by Gasteiger charge is 2.53. The highest BCUT2D eigenvalue weighted by atomic mass is 16.6. The van der Waals surface area contributed by atoms with Crippen LogP contribution in [0.4, 0.5) is 0 Å². The van der Waals surface area contributed by atoms with E-state index in [4.69, 9.17) is 23.7 Å². The molecule has 1 amide bonds. The molecule has 366 valence electrons. The van der Waals surface area contributed by atoms with E-state index in [0.29, 0.717) is 63.4 Å². The van der Waals surface area contributed by atoms with Crippen LogP contribution in [0, 0.1) is 35.5 Å². The Morgan fingerprint density at radius 2 is 1.57 bits per heavy atom. The Morgan fingerprint density at radius 1 is 0.846 bits per heavy atom. The molecule has 3 aliphatic heterocycles. The van der Waals surface area contributed by atoms with Gasteiger partial charge >= 0.3 is 5.97 Å². The van der Waals surface area contributed by atoms with E-state index in [9.17, 15) is 39.3 Å². The number of Topliss-reactive ketones (excluding diaryl/α,β-unsaturated/α-hetero) is 3. The number of rotatable bonds is 6. The van der Waals surface area contributed by atoms with Gasteiger partial charge in [0.2, 0.25) is 5.79 Å². The molecule has 2 saturated heterocycles. The molecule has 2 bridgehead atoms. The number of esters is 1. The third kappa shape index (κ3) is 14.3. The van der Waals surface area contributed by atoms with Crippen molar-refractivity contribution in [2.24, 2.45) is 35.5 Å². The molecule has 4 aliphatic rings. The summed E-state index contributed by atoms with van der Waals surface area (Å²) in [7, 11) is 4.52. The summed E-state index contributed by atoms with van der Waals surface area (Å²) in [6.07, 6.45) is 11.2. The number of amides is 1. The number of ketones is 3. The maximum absolute atomic E-state index is 14.4. The number of fused-ring (bicyclic) bond motifs is 3. The van der Waals surface area contributed by atoms with Crippen LogP contribution in [0.5, 0.6) is 0 Å². The molecule has 4 rings (SSSR count). The first-order chi connectivity index (χ1) is 30.7. The standard InChI is InChI=1S/C51H79NO13/c1-30-16-12-11-13-17-31(2)42(61-8)28-38-21-19-36(7)51(60,65-38)48(57)49(58)52-23-15-14-18-39(52)50(59)64-43(33(4)26-37-20-22-40(53)44(27-37)62-9)29-41(54)32(3)25-35(6)46(56)47(63-10)45(55)34(5)24-30/h11-13,16-17,25,30,32-34,36-40,42-44,46-47,53,56,60H,14-15,18-24,26-29H2,1-10H3/b13-11+,16-12+,31-17+,35-25+/t30-,32+,33-,34-,36-,37+,38+,39+,40-,42+,43+,44-,46-,47+,51-/m1/s1. The van der Waals surface area contributed by atoms with Crippen LogP contribution < -0.4 is 0 Å². The molecular formula is C51H79NO13. The second kappa shape index (κ2) is 25.1. The van der Waals surface area contributed by atoms with Crippen LogP contribution in [-0.4, -0.2) is 132 Å². The van der Waals surface area contributed by atoms with Crippen molar-refractivity contribution in [2.75, 3.05) is 27.9 Å². The summed E-state index contributed by atoms with van der Waals surface area (Å²) in [5, 5.41) is 33.8. The first kappa shape index (κ1) is 54.2. The third-order valence-corrected chi connectivity index (χ3v) is 14.5. The van der Waals surface area contributed by atoms with Crippen LogP contribution in [0.15, 0.2) is 47.6 Å². The summed E-state index contributed by atoms with van der Waals surface area (Å²) in [6, 6.07) is -1.14. The minimum Gasteiger partial charge on any atom is -0.460 e. The number of allylic oxidation sites excluding steroid dienone is 6. The largest absolute Gasteiger partial charge is 0.460 e. The molecule has 0 aromatic carbocycles. The lowest BCUT2D eigenvalue weighted by Gasteiger charge is -2.42. The number of hydrogen-bond donors (Lipinski definition) is 3. The predicted molar refractivity (Wildman–Crippen MR) is 245 cm³/mol. The number of carbonyl (C=O) groups is 5. The van der Waals surface area contributed by atoms with Crippen molar-refractivity contribution >= 4 is 29.2 Å². The molecule has 0 radical (unpaired) electrons. The summed E-state index contributed by atoms with van der Waals surface area (Å²) >= 11 is 0. The van der Waals surface area contributed by atoms with Gasteiger partial charge in [-0.25, -0.2) is 4.79 Å². The highest BCUT2D eigenvalue weighted by Crippen LogP contribution is 2.38. The van der Waals surface area contributed by atoms with E-state index in [1.165, 1.54) is 12.0 Å². The number of carbonyl (C=O) groups excluding carboxylic acids is 5. The summed E-state index contributed by atoms with van der Waals surface area (Å²) < 4.78 is 29.4. The van der Waals surface area contributed by atoms with Gasteiger partial charge in [-0.2, -0.15) is 0 Å². The van der Waals surface area contributed by atoms with Crippen LogP contribution in [0.1, 0.15) is 126 Å². The molecule has 3 heterocycles. The number of piperidine rings is 1. The fourth-order valence-electron chi connectivity index (χ4n) is 10.1. The van der Waals surface area contributed by atoms with Gasteiger partial charge < -0.3 is 43.9 Å². The SMILES string of the molecule is CO[C@H]1C[C@@H]2CC[C@@H](C)[C@@](O)(O2)C(=O)C(=O)N2CCCC[C@H]2C(=O)O[C@H]([C@H](C)C[C@@H]2CC[C@@H](O)[C@H](OC)C2)CC(=O)[C@@H](C)/C=C(\C)[C@@H](O)[C@@H](OC)C(=O)[C@H](C)C[C@H](C)/C=C/C=C/C=C/1C. The molecule has 0 aromatic rings. The van der Waals surface area contributed by atoms with Crippen molar-refractivity contribution in [1.29, 1.82) is 0 Å². The minimum absolute atomic E-state index is 0.0193. The number of cyclic esters (lactones) is 1. The van der Waals surface area contributed by atoms with E-state index in [0.717, 1.165) is 12.0 Å². The molecule has 14 nitrogen and oxygen atoms in total. The summed E-state index contributed by atoms with van der Waals surface area (Å²) in [6.45, 7) is 12.7. The van der Waals surface area contributed by atoms with Crippen molar-refractivity contribution in [1.82, 2.24) is 4.90 Å². The van der Waals surface area contributed by atoms with Crippen molar-refractivity contribution < 1.29 is 63.0 Å². The smallest absolute Gasteiger partial charge is 0.329 e. The number of methoxy groups -OCH3 is 3. The topological polar surface area (TPSA) is 195 Å². The van der Waals surface area contributed by atoms with Crippen LogP contribution in [0.25, 0.3) is 0 Å². The highest BCUT2D eigenvalue weighted by molar-refractivity contribution is 6.39. The van der Waals surface area contributed by atoms with Crippen molar-refractivity contribution in [2.45, 2.75) is 180 Å². The molecule has 0 aromatic heterocycles. The Bertz CT molecular complexity index is 1760. The summed E-state index contributed by atoms with van der Waals surface area (Å²) in [5.41, 5.74) is 1.27. The van der Waals surface area contributed by atoms with Gasteiger partial charge in [-0.1, -0.05) is 71.1 Å². The van der Waals surface area contributed by atoms with E-state index in [2.05, 4.69) is 0 Å². The van der Waals surface area contributed by atoms with E-state index >= 15 is 0 Å². The Balaban J connectivity index is 1.70. The second-order valence-electron chi connectivity index (χ2n) is 19.6. The number of ether oxygens (including phenoxy) is 5. The maximum atomic E-state index is 14.4. The molecule has 65 heavy (non-hydrogen) atoms. The lowest BCUT2D eigenvalue weighted by atomic mass is 9.78. The Labute approximate surface area is 387 Å². The van der Waals surface area contributed by atoms with Crippen LogP contribution in [0.2, 0.25) is 0 Å². The summed E-state index contributed by atoms with van der Waals surface area (Å²) in [5.74, 6) is -7.96. The zero-order chi connectivity index (χ0) is 48.2. The van der Waals surface area contributed by atoms with Gasteiger partial charge in [0.05, 0.1) is 24.4 Å². The summed E-state index contributed by atoms with van der Waals surface area (Å²) in [4.78, 5) is 71.8. The minimum atomic E-state index is -2.43. The zero-order valence-corrected chi connectivity index (χ0v) is 40.6. The van der Waals surface area contributed by atoms with E-state index in [-0.39, 0.29) is 54.8 Å². The van der Waals surface area contributed by atoms with Crippen LogP contribution in [-0.2, 0) is 47.7 Å². The molecule has 1 aliphatic carbocycles. The normalized spacial score (nSPS) is 40.4. The average Bonchev–Trinajstić information content (AvgIpc) is 3.28. The fourth-order valence-corrected chi connectivity index (χ4v) is 10.1. The van der Waals surface area contributed by atoms with Gasteiger partial charge in [0, 0.05) is 58.5 Å². The molecule has 1 saturated carbocycles. The fraction of sp³-hybridized carbons (Fsp3) is 0.745. The Morgan fingerprint density at radius 3 is 2.25 bits per heavy atom. The maximum Gasteiger partial charge on any atom is 0.329 e. The number of aliphatic hydroxyl groups is 3. The van der Waals surface area contributed by atoms with Crippen LogP contribution in [0.3, 0.4) is 0 Å². The van der Waals surface area contributed by atoms with Gasteiger partial charge in [-0.3, -0.25) is 19.2 Å². The predicted octanol–water partition coefficient (Wildman–Crippen LogP) is 6.18. The molecule has 14 heteroatoms. The number of aliphatic hydroxyl groups excluding tert-OH is 2. The lowest BCUT2D eigenvalue weighted by molar-refractivity contribution is -0.265. The van der Waals surface area contributed by atoms with E-state index in [1.54, 1.807) is 41.1 Å². The van der Waals surface area contributed by atoms with Crippen molar-refractivity contribution in [3.05, 3.63) is 47.6 Å². The van der Waals surface area contributed by atoms with Crippen molar-refractivity contribution in [3.8, 4) is 0 Å².